The molecule has 0 aromatic rings. The topological polar surface area (TPSA) is 191 Å². The molecule has 5 atom stereocenters. The van der Waals surface area contributed by atoms with Crippen molar-refractivity contribution >= 4 is 23.7 Å². The van der Waals surface area contributed by atoms with Gasteiger partial charge in [-0.25, -0.2) is 4.79 Å². The zero-order valence-corrected chi connectivity index (χ0v) is 15.1. The number of nitrogens with one attached hydrogen (secondary N) is 3. The minimum atomic E-state index is -1.49. The van der Waals surface area contributed by atoms with Gasteiger partial charge >= 0.3 is 5.97 Å². The van der Waals surface area contributed by atoms with Crippen molar-refractivity contribution in [1.29, 1.82) is 0 Å². The smallest absolute Gasteiger partial charge is 0.328 e. The van der Waals surface area contributed by atoms with Crippen LogP contribution in [0.25, 0.3) is 0 Å². The molecule has 0 aliphatic carbocycles. The van der Waals surface area contributed by atoms with Crippen molar-refractivity contribution in [3.05, 3.63) is 0 Å². The number of nitrogens with two attached hydrogens (primary N) is 1. The van der Waals surface area contributed by atoms with Crippen molar-refractivity contribution < 1.29 is 34.5 Å². The van der Waals surface area contributed by atoms with Crippen molar-refractivity contribution in [3.63, 3.8) is 0 Å². The quantitative estimate of drug-likeness (QED) is 0.197. The minimum Gasteiger partial charge on any atom is -0.480 e. The third-order valence-electron chi connectivity index (χ3n) is 3.85. The standard InChI is InChI=1S/C15H28N4O7/c1-4-7(2)12(14(24)18-9(6-20)15(25)26)19-10(22)5-17-13(23)11(16)8(3)21/h7-9,11-12,20-21H,4-6,16H2,1-3H3,(H,17,23)(H,18,24)(H,19,22)(H,25,26). The molecule has 0 aliphatic rings. The fourth-order valence-electron chi connectivity index (χ4n) is 1.88. The van der Waals surface area contributed by atoms with Crippen molar-refractivity contribution in [3.8, 4) is 0 Å². The number of carbonyl (C=O) groups excluding carboxylic acids is 3. The third-order valence-corrected chi connectivity index (χ3v) is 3.85. The van der Waals surface area contributed by atoms with Crippen LogP contribution in [-0.4, -0.2) is 76.4 Å². The zero-order chi connectivity index (χ0) is 20.4. The van der Waals surface area contributed by atoms with Crippen LogP contribution in [0.3, 0.4) is 0 Å². The van der Waals surface area contributed by atoms with Crippen molar-refractivity contribution in [2.45, 2.75) is 51.4 Å². The number of rotatable bonds is 11. The fraction of sp³-hybridized carbons (Fsp3) is 0.733. The SMILES string of the molecule is CCC(C)C(NC(=O)CNC(=O)C(N)C(C)O)C(=O)NC(CO)C(=O)O. The highest BCUT2D eigenvalue weighted by atomic mass is 16.4. The van der Waals surface area contributed by atoms with Gasteiger partial charge in [-0.15, -0.1) is 0 Å². The molecule has 0 aliphatic heterocycles. The predicted molar refractivity (Wildman–Crippen MR) is 90.7 cm³/mol. The molecule has 5 unspecified atom stereocenters. The maximum Gasteiger partial charge on any atom is 0.328 e. The summed E-state index contributed by atoms with van der Waals surface area (Å²) in [5.74, 6) is -3.92. The molecule has 0 aromatic heterocycles. The van der Waals surface area contributed by atoms with E-state index >= 15 is 0 Å². The third kappa shape index (κ3) is 7.76. The Balaban J connectivity index is 4.85. The zero-order valence-electron chi connectivity index (χ0n) is 15.1. The largest absolute Gasteiger partial charge is 0.480 e. The number of carbonyl (C=O) groups is 4. The van der Waals surface area contributed by atoms with E-state index in [0.29, 0.717) is 6.42 Å². The van der Waals surface area contributed by atoms with Gasteiger partial charge in [-0.2, -0.15) is 0 Å². The molecule has 0 aromatic carbocycles. The number of carboxylic acids is 1. The molecule has 0 fully saturated rings. The maximum absolute atomic E-state index is 12.2. The van der Waals surface area contributed by atoms with Gasteiger partial charge in [0.05, 0.1) is 19.3 Å². The molecule has 0 heterocycles. The van der Waals surface area contributed by atoms with Gasteiger partial charge in [-0.1, -0.05) is 20.3 Å². The number of carboxylic acid groups (broad SMARTS) is 1. The Morgan fingerprint density at radius 3 is 2.08 bits per heavy atom. The molecule has 0 radical (unpaired) electrons. The van der Waals surface area contributed by atoms with Gasteiger partial charge in [-0.05, 0) is 12.8 Å². The number of aliphatic hydroxyl groups excluding tert-OH is 2. The molecule has 0 spiro atoms. The highest BCUT2D eigenvalue weighted by Crippen LogP contribution is 2.08. The summed E-state index contributed by atoms with van der Waals surface area (Å²) >= 11 is 0. The summed E-state index contributed by atoms with van der Waals surface area (Å²) in [6.07, 6.45) is -0.586. The minimum absolute atomic E-state index is 0.331. The molecule has 0 saturated heterocycles. The van der Waals surface area contributed by atoms with E-state index in [1.54, 1.807) is 13.8 Å². The molecule has 3 amide bonds. The van der Waals surface area contributed by atoms with E-state index in [1.165, 1.54) is 6.92 Å². The number of hydrogen-bond donors (Lipinski definition) is 7. The van der Waals surface area contributed by atoms with E-state index in [4.69, 9.17) is 15.9 Å². The summed E-state index contributed by atoms with van der Waals surface area (Å²) in [5, 5.41) is 33.9. The average molecular weight is 376 g/mol. The highest BCUT2D eigenvalue weighted by molar-refractivity contribution is 5.92. The first-order chi connectivity index (χ1) is 12.0. The van der Waals surface area contributed by atoms with Crippen molar-refractivity contribution in [1.82, 2.24) is 16.0 Å². The Kier molecular flexibility index (Phi) is 10.4. The second-order valence-corrected chi connectivity index (χ2v) is 6.00. The normalized spacial score (nSPS) is 16.5. The van der Waals surface area contributed by atoms with Crippen molar-refractivity contribution in [2.24, 2.45) is 11.7 Å². The molecule has 0 bridgehead atoms. The Morgan fingerprint density at radius 1 is 1.08 bits per heavy atom. The summed E-state index contributed by atoms with van der Waals surface area (Å²) in [5.41, 5.74) is 5.43. The van der Waals surface area contributed by atoms with Gasteiger partial charge in [-0.3, -0.25) is 14.4 Å². The van der Waals surface area contributed by atoms with Crippen LogP contribution < -0.4 is 21.7 Å². The Labute approximate surface area is 151 Å². The monoisotopic (exact) mass is 376 g/mol. The van der Waals surface area contributed by atoms with Crippen LogP contribution in [0.5, 0.6) is 0 Å². The number of amides is 3. The molecule has 150 valence electrons. The molecule has 8 N–H and O–H groups in total. The summed E-state index contributed by atoms with van der Waals surface area (Å²) in [6.45, 7) is 3.52. The average Bonchev–Trinajstić information content (AvgIpc) is 2.59. The number of aliphatic carboxylic acids is 1. The first kappa shape index (κ1) is 23.8. The molecule has 11 nitrogen and oxygen atoms in total. The van der Waals surface area contributed by atoms with Crippen LogP contribution in [-0.2, 0) is 19.2 Å². The Morgan fingerprint density at radius 2 is 1.65 bits per heavy atom. The van der Waals surface area contributed by atoms with Gasteiger partial charge in [0.1, 0.15) is 18.1 Å². The summed E-state index contributed by atoms with van der Waals surface area (Å²) in [7, 11) is 0. The van der Waals surface area contributed by atoms with Crippen LogP contribution in [0.2, 0.25) is 0 Å². The first-order valence-corrected chi connectivity index (χ1v) is 8.19. The second-order valence-electron chi connectivity index (χ2n) is 6.00. The highest BCUT2D eigenvalue weighted by Gasteiger charge is 2.29. The van der Waals surface area contributed by atoms with E-state index in [2.05, 4.69) is 16.0 Å². The van der Waals surface area contributed by atoms with Gasteiger partial charge in [0.2, 0.25) is 17.7 Å². The summed E-state index contributed by atoms with van der Waals surface area (Å²) in [4.78, 5) is 46.8. The van der Waals surface area contributed by atoms with E-state index in [0.717, 1.165) is 0 Å². The summed E-state index contributed by atoms with van der Waals surface area (Å²) in [6, 6.07) is -3.74. The first-order valence-electron chi connectivity index (χ1n) is 8.19. The van der Waals surface area contributed by atoms with Gasteiger partial charge in [0, 0.05) is 0 Å². The van der Waals surface area contributed by atoms with Crippen molar-refractivity contribution in [2.75, 3.05) is 13.2 Å². The van der Waals surface area contributed by atoms with Crippen LogP contribution in [0.4, 0.5) is 0 Å². The molecule has 0 saturated carbocycles. The lowest BCUT2D eigenvalue weighted by Gasteiger charge is -2.25. The molecular weight excluding hydrogens is 348 g/mol. The molecular formula is C15H28N4O7. The fourth-order valence-corrected chi connectivity index (χ4v) is 1.88. The van der Waals surface area contributed by atoms with Crippen LogP contribution in [0.15, 0.2) is 0 Å². The van der Waals surface area contributed by atoms with E-state index in [-0.39, 0.29) is 5.92 Å². The molecule has 11 heteroatoms. The summed E-state index contributed by atoms with van der Waals surface area (Å²) < 4.78 is 0. The van der Waals surface area contributed by atoms with Gasteiger partial charge < -0.3 is 37.0 Å². The van der Waals surface area contributed by atoms with Crippen LogP contribution >= 0.6 is 0 Å². The van der Waals surface area contributed by atoms with E-state index in [1.807, 2.05) is 0 Å². The molecule has 0 rings (SSSR count). The van der Waals surface area contributed by atoms with Crippen LogP contribution in [0.1, 0.15) is 27.2 Å². The van der Waals surface area contributed by atoms with Gasteiger partial charge in [0.15, 0.2) is 0 Å². The van der Waals surface area contributed by atoms with Gasteiger partial charge in [0.25, 0.3) is 0 Å². The number of aliphatic hydroxyl groups is 2. The second kappa shape index (κ2) is 11.4. The van der Waals surface area contributed by atoms with Crippen LogP contribution in [0, 0.1) is 5.92 Å². The Bertz CT molecular complexity index is 512. The van der Waals surface area contributed by atoms with E-state index < -0.39 is 61.1 Å². The lowest BCUT2D eigenvalue weighted by Crippen LogP contribution is -2.56. The lowest BCUT2D eigenvalue weighted by atomic mass is 9.98. The predicted octanol–water partition coefficient (Wildman–Crippen LogP) is -3.10. The number of hydrogen-bond acceptors (Lipinski definition) is 7. The maximum atomic E-state index is 12.2. The molecule has 26 heavy (non-hydrogen) atoms. The Hall–Kier alpha value is -2.24. The van der Waals surface area contributed by atoms with E-state index in [9.17, 15) is 24.3 Å². The lowest BCUT2D eigenvalue weighted by molar-refractivity contribution is -0.143.